The first-order chi connectivity index (χ1) is 15.7. The molecule has 2 aromatic rings. The summed E-state index contributed by atoms with van der Waals surface area (Å²) in [6.07, 6.45) is 9.73. The lowest BCUT2D eigenvalue weighted by Crippen LogP contribution is -2.50. The second-order valence-electron chi connectivity index (χ2n) is 8.61. The molecule has 4 heteroatoms. The summed E-state index contributed by atoms with van der Waals surface area (Å²) < 4.78 is 0. The molecule has 0 spiro atoms. The molecule has 0 aliphatic heterocycles. The van der Waals surface area contributed by atoms with Crippen molar-refractivity contribution in [2.75, 3.05) is 6.54 Å². The van der Waals surface area contributed by atoms with Crippen LogP contribution in [-0.2, 0) is 22.6 Å². The molecule has 0 fully saturated rings. The van der Waals surface area contributed by atoms with Gasteiger partial charge in [-0.1, -0.05) is 79.2 Å². The van der Waals surface area contributed by atoms with Crippen molar-refractivity contribution < 1.29 is 9.59 Å². The summed E-state index contributed by atoms with van der Waals surface area (Å²) in [5.74, 6) is -0.0342. The van der Waals surface area contributed by atoms with Crippen LogP contribution in [0.5, 0.6) is 0 Å². The maximum Gasteiger partial charge on any atom is 0.243 e. The zero-order valence-corrected chi connectivity index (χ0v) is 19.3. The smallest absolute Gasteiger partial charge is 0.243 e. The third-order valence-corrected chi connectivity index (χ3v) is 6.06. The Morgan fingerprint density at radius 1 is 0.969 bits per heavy atom. The first-order valence-corrected chi connectivity index (χ1v) is 12.0. The number of nitrogens with one attached hydrogen (secondary N) is 1. The van der Waals surface area contributed by atoms with E-state index in [9.17, 15) is 9.59 Å². The van der Waals surface area contributed by atoms with Gasteiger partial charge < -0.3 is 10.2 Å². The standard InChI is InChI=1S/C28H36N2O2/c1-2-12-27(31)30(22-25-17-10-5-11-18-25)26(21-24-15-8-4-9-16-24)28(32)29-20-19-23-13-6-3-7-14-23/h4-5,8-11,13,15-18,26H,2-3,6-7,12,14,19-22H2,1H3,(H,29,32)/t26-/m1/s1. The Hall–Kier alpha value is -2.88. The highest BCUT2D eigenvalue weighted by Gasteiger charge is 2.29. The highest BCUT2D eigenvalue weighted by atomic mass is 16.2. The van der Waals surface area contributed by atoms with E-state index in [2.05, 4.69) is 11.4 Å². The van der Waals surface area contributed by atoms with Crippen molar-refractivity contribution in [3.63, 3.8) is 0 Å². The van der Waals surface area contributed by atoms with E-state index >= 15 is 0 Å². The predicted octanol–water partition coefficient (Wildman–Crippen LogP) is 5.43. The summed E-state index contributed by atoms with van der Waals surface area (Å²) in [5, 5.41) is 3.14. The average molecular weight is 433 g/mol. The highest BCUT2D eigenvalue weighted by Crippen LogP contribution is 2.20. The molecule has 2 aromatic carbocycles. The lowest BCUT2D eigenvalue weighted by atomic mass is 9.97. The van der Waals surface area contributed by atoms with Crippen LogP contribution in [-0.4, -0.2) is 29.3 Å². The van der Waals surface area contributed by atoms with Gasteiger partial charge in [0.15, 0.2) is 0 Å². The van der Waals surface area contributed by atoms with Gasteiger partial charge in [0.2, 0.25) is 11.8 Å². The van der Waals surface area contributed by atoms with E-state index in [1.165, 1.54) is 18.4 Å². The maximum absolute atomic E-state index is 13.4. The Morgan fingerprint density at radius 2 is 1.66 bits per heavy atom. The minimum atomic E-state index is -0.531. The Bertz CT molecular complexity index is 877. The van der Waals surface area contributed by atoms with Crippen molar-refractivity contribution in [1.82, 2.24) is 10.2 Å². The molecule has 0 radical (unpaired) electrons. The molecule has 32 heavy (non-hydrogen) atoms. The average Bonchev–Trinajstić information content (AvgIpc) is 2.83. The molecule has 3 rings (SSSR count). The summed E-state index contributed by atoms with van der Waals surface area (Å²) in [6.45, 7) is 3.07. The van der Waals surface area contributed by atoms with Crippen LogP contribution in [0.1, 0.15) is 63.0 Å². The van der Waals surface area contributed by atoms with E-state index in [0.29, 0.717) is 25.9 Å². The molecule has 2 amide bonds. The van der Waals surface area contributed by atoms with Crippen LogP contribution >= 0.6 is 0 Å². The molecule has 0 bridgehead atoms. The molecule has 1 aliphatic rings. The lowest BCUT2D eigenvalue weighted by molar-refractivity contribution is -0.141. The summed E-state index contributed by atoms with van der Waals surface area (Å²) in [7, 11) is 0. The molecule has 0 heterocycles. The first kappa shape index (κ1) is 23.8. The van der Waals surface area contributed by atoms with Crippen molar-refractivity contribution in [1.29, 1.82) is 0 Å². The highest BCUT2D eigenvalue weighted by molar-refractivity contribution is 5.88. The number of rotatable bonds is 11. The first-order valence-electron chi connectivity index (χ1n) is 12.0. The summed E-state index contributed by atoms with van der Waals surface area (Å²) >= 11 is 0. The molecule has 4 nitrogen and oxygen atoms in total. The van der Waals surface area contributed by atoms with Gasteiger partial charge in [-0.25, -0.2) is 0 Å². The SMILES string of the molecule is CCCC(=O)N(Cc1ccccc1)[C@H](Cc1ccccc1)C(=O)NCCC1=CCCCC1. The number of allylic oxidation sites excluding steroid dienone is 1. The molecule has 170 valence electrons. The van der Waals surface area contributed by atoms with Gasteiger partial charge in [-0.3, -0.25) is 9.59 Å². The molecule has 1 N–H and O–H groups in total. The number of carbonyl (C=O) groups is 2. The fourth-order valence-corrected chi connectivity index (χ4v) is 4.29. The van der Waals surface area contributed by atoms with Gasteiger partial charge >= 0.3 is 0 Å². The molecule has 1 atom stereocenters. The van der Waals surface area contributed by atoms with Crippen LogP contribution in [0.4, 0.5) is 0 Å². The number of hydrogen-bond acceptors (Lipinski definition) is 2. The molecule has 0 aromatic heterocycles. The summed E-state index contributed by atoms with van der Waals surface area (Å²) in [6, 6.07) is 19.4. The molecule has 0 unspecified atom stereocenters. The zero-order valence-electron chi connectivity index (χ0n) is 19.3. The van der Waals surface area contributed by atoms with Gasteiger partial charge in [0, 0.05) is 25.9 Å². The Balaban J connectivity index is 1.77. The van der Waals surface area contributed by atoms with Crippen LogP contribution in [0.2, 0.25) is 0 Å². The quantitative estimate of drug-likeness (QED) is 0.481. The van der Waals surface area contributed by atoms with E-state index in [0.717, 1.165) is 36.8 Å². The predicted molar refractivity (Wildman–Crippen MR) is 130 cm³/mol. The monoisotopic (exact) mass is 432 g/mol. The van der Waals surface area contributed by atoms with Crippen LogP contribution in [0.25, 0.3) is 0 Å². The van der Waals surface area contributed by atoms with Gasteiger partial charge in [-0.15, -0.1) is 0 Å². The van der Waals surface area contributed by atoms with Crippen LogP contribution in [0, 0.1) is 0 Å². The van der Waals surface area contributed by atoms with Crippen LogP contribution in [0.3, 0.4) is 0 Å². The number of amides is 2. The van der Waals surface area contributed by atoms with E-state index in [-0.39, 0.29) is 11.8 Å². The molecule has 0 saturated heterocycles. The minimum Gasteiger partial charge on any atom is -0.354 e. The zero-order chi connectivity index (χ0) is 22.6. The number of benzene rings is 2. The topological polar surface area (TPSA) is 49.4 Å². The number of nitrogens with zero attached hydrogens (tertiary/aromatic N) is 1. The minimum absolute atomic E-state index is 0.0300. The van der Waals surface area contributed by atoms with Gasteiger partial charge in [-0.05, 0) is 49.7 Å². The second kappa shape index (κ2) is 12.8. The Morgan fingerprint density at radius 3 is 2.28 bits per heavy atom. The number of carbonyl (C=O) groups excluding carboxylic acids is 2. The van der Waals surface area contributed by atoms with Crippen molar-refractivity contribution in [3.8, 4) is 0 Å². The van der Waals surface area contributed by atoms with Crippen LogP contribution in [0.15, 0.2) is 72.3 Å². The normalized spacial score (nSPS) is 14.3. The molecular weight excluding hydrogens is 396 g/mol. The fourth-order valence-electron chi connectivity index (χ4n) is 4.29. The van der Waals surface area contributed by atoms with Crippen molar-refractivity contribution >= 4 is 11.8 Å². The Labute approximate surface area is 192 Å². The van der Waals surface area contributed by atoms with Gasteiger partial charge in [-0.2, -0.15) is 0 Å². The van der Waals surface area contributed by atoms with Crippen molar-refractivity contribution in [3.05, 3.63) is 83.4 Å². The fraction of sp³-hybridized carbons (Fsp3) is 0.429. The molecule has 0 saturated carbocycles. The summed E-state index contributed by atoms with van der Waals surface area (Å²) in [5.41, 5.74) is 3.54. The van der Waals surface area contributed by atoms with E-state index in [1.807, 2.05) is 67.6 Å². The Kier molecular flexibility index (Phi) is 9.55. The second-order valence-corrected chi connectivity index (χ2v) is 8.61. The van der Waals surface area contributed by atoms with E-state index in [4.69, 9.17) is 0 Å². The molecular formula is C28H36N2O2. The largest absolute Gasteiger partial charge is 0.354 e. The van der Waals surface area contributed by atoms with Crippen molar-refractivity contribution in [2.45, 2.75) is 70.9 Å². The summed E-state index contributed by atoms with van der Waals surface area (Å²) in [4.78, 5) is 28.3. The third kappa shape index (κ3) is 7.37. The van der Waals surface area contributed by atoms with Gasteiger partial charge in [0.25, 0.3) is 0 Å². The van der Waals surface area contributed by atoms with E-state index in [1.54, 1.807) is 4.90 Å². The maximum atomic E-state index is 13.4. The lowest BCUT2D eigenvalue weighted by Gasteiger charge is -2.31. The third-order valence-electron chi connectivity index (χ3n) is 6.06. The number of hydrogen-bond donors (Lipinski definition) is 1. The molecule has 1 aliphatic carbocycles. The van der Waals surface area contributed by atoms with Crippen LogP contribution < -0.4 is 5.32 Å². The van der Waals surface area contributed by atoms with Gasteiger partial charge in [0.1, 0.15) is 6.04 Å². The van der Waals surface area contributed by atoms with E-state index < -0.39 is 6.04 Å². The van der Waals surface area contributed by atoms with Gasteiger partial charge in [0.05, 0.1) is 0 Å². The van der Waals surface area contributed by atoms with Crippen molar-refractivity contribution in [2.24, 2.45) is 0 Å².